The van der Waals surface area contributed by atoms with E-state index in [0.29, 0.717) is 6.42 Å². The minimum atomic E-state index is -0.935. The molecule has 0 amide bonds. The van der Waals surface area contributed by atoms with Crippen molar-refractivity contribution < 1.29 is 24.9 Å². The highest BCUT2D eigenvalue weighted by atomic mass is 16.5. The van der Waals surface area contributed by atoms with Crippen LogP contribution in [0, 0.1) is 0 Å². The summed E-state index contributed by atoms with van der Waals surface area (Å²) in [5.74, 6) is -0.935. The molecule has 1 atom stereocenters. The summed E-state index contributed by atoms with van der Waals surface area (Å²) in [6.45, 7) is 12.4. The molecule has 5 nitrogen and oxygen atoms in total. The maximum Gasteiger partial charge on any atom is 0.330 e. The molecule has 0 radical (unpaired) electrons. The molecule has 0 aliphatic rings. The van der Waals surface area contributed by atoms with Gasteiger partial charge in [0.2, 0.25) is 0 Å². The lowest BCUT2D eigenvalue weighted by Crippen LogP contribution is -2.00. The Morgan fingerprint density at radius 3 is 1.74 bits per heavy atom. The van der Waals surface area contributed by atoms with Crippen LogP contribution in [0.1, 0.15) is 47.0 Å². The molecule has 3 N–H and O–H groups in total. The van der Waals surface area contributed by atoms with Gasteiger partial charge in [-0.25, -0.2) is 4.79 Å². The van der Waals surface area contributed by atoms with E-state index >= 15 is 0 Å². The van der Waals surface area contributed by atoms with E-state index < -0.39 is 5.97 Å². The summed E-state index contributed by atoms with van der Waals surface area (Å²) in [5, 5.41) is 24.4. The molecule has 0 saturated heterocycles. The Labute approximate surface area is 116 Å². The molecule has 0 spiro atoms. The van der Waals surface area contributed by atoms with Crippen LogP contribution < -0.4 is 0 Å². The Bertz CT molecular complexity index is 186. The van der Waals surface area contributed by atoms with E-state index in [-0.39, 0.29) is 18.3 Å². The minimum Gasteiger partial charge on any atom is -0.478 e. The zero-order valence-corrected chi connectivity index (χ0v) is 12.7. The third-order valence-electron chi connectivity index (χ3n) is 1.61. The van der Waals surface area contributed by atoms with Crippen LogP contribution >= 0.6 is 0 Å². The molecule has 1 unspecified atom stereocenters. The van der Waals surface area contributed by atoms with Crippen molar-refractivity contribution >= 4 is 5.97 Å². The van der Waals surface area contributed by atoms with Gasteiger partial charge in [-0.2, -0.15) is 0 Å². The number of carbonyl (C=O) groups is 1. The summed E-state index contributed by atoms with van der Waals surface area (Å²) >= 11 is 0. The van der Waals surface area contributed by atoms with Gasteiger partial charge in [0.05, 0.1) is 6.10 Å². The van der Waals surface area contributed by atoms with Crippen molar-refractivity contribution in [3.8, 4) is 0 Å². The van der Waals surface area contributed by atoms with Gasteiger partial charge in [-0.15, -0.1) is 0 Å². The van der Waals surface area contributed by atoms with E-state index in [4.69, 9.17) is 20.1 Å². The standard InChI is InChI=1S/C6H14O.C4H10O2.C4H6O2/c1-3-5-7-6-4-2;1-4(6)2-3-5;1-3(2)4(5)6/h3-6H2,1-2H3;4-6H,2-3H2,1H3;1H2,2H3,(H,5,6). The fraction of sp³-hybridized carbons (Fsp3) is 0.786. The van der Waals surface area contributed by atoms with E-state index in [1.165, 1.54) is 6.92 Å². The van der Waals surface area contributed by atoms with Crippen LogP contribution in [-0.4, -0.2) is 47.2 Å². The van der Waals surface area contributed by atoms with Gasteiger partial charge < -0.3 is 20.1 Å². The summed E-state index contributed by atoms with van der Waals surface area (Å²) in [5.41, 5.74) is 0.176. The number of aliphatic carboxylic acids is 1. The molecule has 5 heteroatoms. The zero-order chi connectivity index (χ0) is 15.7. The Morgan fingerprint density at radius 1 is 1.26 bits per heavy atom. The maximum atomic E-state index is 9.60. The average Bonchev–Trinajstić information content (AvgIpc) is 2.31. The van der Waals surface area contributed by atoms with Crippen molar-refractivity contribution in [2.24, 2.45) is 0 Å². The molecule has 0 aliphatic heterocycles. The van der Waals surface area contributed by atoms with Gasteiger partial charge in [0, 0.05) is 25.4 Å². The van der Waals surface area contributed by atoms with E-state index in [1.807, 2.05) is 0 Å². The van der Waals surface area contributed by atoms with Crippen LogP contribution in [0.5, 0.6) is 0 Å². The number of hydrogen-bond acceptors (Lipinski definition) is 4. The van der Waals surface area contributed by atoms with Crippen LogP contribution in [-0.2, 0) is 9.53 Å². The van der Waals surface area contributed by atoms with E-state index in [2.05, 4.69) is 20.4 Å². The Morgan fingerprint density at radius 2 is 1.63 bits per heavy atom. The number of rotatable bonds is 7. The molecule has 0 aromatic heterocycles. The van der Waals surface area contributed by atoms with Crippen LogP contribution in [0.15, 0.2) is 12.2 Å². The summed E-state index contributed by atoms with van der Waals surface area (Å²) in [6, 6.07) is 0. The monoisotopic (exact) mass is 278 g/mol. The summed E-state index contributed by atoms with van der Waals surface area (Å²) in [7, 11) is 0. The van der Waals surface area contributed by atoms with Crippen molar-refractivity contribution in [1.29, 1.82) is 0 Å². The average molecular weight is 278 g/mol. The largest absolute Gasteiger partial charge is 0.478 e. The Balaban J connectivity index is -0.000000203. The normalized spacial score (nSPS) is 10.4. The molecule has 0 bridgehead atoms. The number of carboxylic acids is 1. The highest BCUT2D eigenvalue weighted by Crippen LogP contribution is 1.83. The highest BCUT2D eigenvalue weighted by Gasteiger charge is 1.90. The topological polar surface area (TPSA) is 87.0 Å². The summed E-state index contributed by atoms with van der Waals surface area (Å²) < 4.78 is 5.13. The van der Waals surface area contributed by atoms with Gasteiger partial charge >= 0.3 is 5.97 Å². The Hall–Kier alpha value is -0.910. The predicted octanol–water partition coefficient (Wildman–Crippen LogP) is 2.22. The lowest BCUT2D eigenvalue weighted by molar-refractivity contribution is -0.132. The minimum absolute atomic E-state index is 0.0810. The van der Waals surface area contributed by atoms with Crippen molar-refractivity contribution in [2.45, 2.75) is 53.1 Å². The lowest BCUT2D eigenvalue weighted by atomic mass is 10.3. The van der Waals surface area contributed by atoms with Crippen LogP contribution in [0.3, 0.4) is 0 Å². The summed E-state index contributed by atoms with van der Waals surface area (Å²) in [4.78, 5) is 9.60. The molecule has 19 heavy (non-hydrogen) atoms. The van der Waals surface area contributed by atoms with Crippen LogP contribution in [0.4, 0.5) is 0 Å². The quantitative estimate of drug-likeness (QED) is 0.491. The second kappa shape index (κ2) is 19.4. The van der Waals surface area contributed by atoms with Gasteiger partial charge in [0.1, 0.15) is 0 Å². The molecule has 0 rings (SSSR count). The third-order valence-corrected chi connectivity index (χ3v) is 1.61. The second-order valence-electron chi connectivity index (χ2n) is 4.06. The zero-order valence-electron chi connectivity index (χ0n) is 12.7. The smallest absolute Gasteiger partial charge is 0.330 e. The SMILES string of the molecule is C=C(C)C(=O)O.CC(O)CCO.CCCOCCC. The first-order valence-electron chi connectivity index (χ1n) is 6.58. The van der Waals surface area contributed by atoms with Crippen LogP contribution in [0.25, 0.3) is 0 Å². The van der Waals surface area contributed by atoms with Crippen LogP contribution in [0.2, 0.25) is 0 Å². The molecule has 0 saturated carbocycles. The van der Waals surface area contributed by atoms with E-state index in [1.54, 1.807) is 6.92 Å². The summed E-state index contributed by atoms with van der Waals surface area (Å²) in [6.07, 6.45) is 2.41. The first-order chi connectivity index (χ1) is 8.83. The van der Waals surface area contributed by atoms with Crippen molar-refractivity contribution in [2.75, 3.05) is 19.8 Å². The molecule has 0 aromatic carbocycles. The fourth-order valence-corrected chi connectivity index (χ4v) is 0.578. The predicted molar refractivity (Wildman–Crippen MR) is 77.2 cm³/mol. The number of carboxylic acid groups (broad SMARTS) is 1. The van der Waals surface area contributed by atoms with Gasteiger partial charge in [-0.05, 0) is 33.1 Å². The lowest BCUT2D eigenvalue weighted by Gasteiger charge is -1.95. The number of aliphatic hydroxyl groups is 2. The number of hydrogen-bond donors (Lipinski definition) is 3. The van der Waals surface area contributed by atoms with E-state index in [9.17, 15) is 4.79 Å². The van der Waals surface area contributed by atoms with Crippen molar-refractivity contribution in [1.82, 2.24) is 0 Å². The van der Waals surface area contributed by atoms with E-state index in [0.717, 1.165) is 26.1 Å². The first-order valence-corrected chi connectivity index (χ1v) is 6.58. The molecular weight excluding hydrogens is 248 g/mol. The van der Waals surface area contributed by atoms with Crippen molar-refractivity contribution in [3.05, 3.63) is 12.2 Å². The second-order valence-corrected chi connectivity index (χ2v) is 4.06. The van der Waals surface area contributed by atoms with Gasteiger partial charge in [-0.3, -0.25) is 0 Å². The van der Waals surface area contributed by atoms with Crippen molar-refractivity contribution in [3.63, 3.8) is 0 Å². The highest BCUT2D eigenvalue weighted by molar-refractivity contribution is 5.84. The maximum absolute atomic E-state index is 9.60. The number of aliphatic hydroxyl groups excluding tert-OH is 2. The third kappa shape index (κ3) is 38.2. The Kier molecular flexibility index (Phi) is 23.7. The molecular formula is C14H30O5. The molecule has 0 aliphatic carbocycles. The molecule has 0 fully saturated rings. The van der Waals surface area contributed by atoms with Gasteiger partial charge in [-0.1, -0.05) is 20.4 Å². The fourth-order valence-electron chi connectivity index (χ4n) is 0.578. The molecule has 116 valence electrons. The first kappa shape index (κ1) is 23.2. The number of ether oxygens (including phenoxy) is 1. The molecule has 0 aromatic rings. The van der Waals surface area contributed by atoms with Gasteiger partial charge in [0.15, 0.2) is 0 Å². The van der Waals surface area contributed by atoms with Gasteiger partial charge in [0.25, 0.3) is 0 Å². The molecule has 0 heterocycles.